The minimum Gasteiger partial charge on any atom is -0.378 e. The Morgan fingerprint density at radius 3 is 2.79 bits per heavy atom. The average Bonchev–Trinajstić information content (AvgIpc) is 2.50. The van der Waals surface area contributed by atoms with Crippen LogP contribution in [0.4, 0.5) is 0 Å². The zero-order valence-electron chi connectivity index (χ0n) is 8.96. The van der Waals surface area contributed by atoms with Crippen molar-refractivity contribution in [3.05, 3.63) is 11.6 Å². The molecule has 2 unspecified atom stereocenters. The van der Waals surface area contributed by atoms with Gasteiger partial charge in [-0.25, -0.2) is 0 Å². The maximum atomic E-state index is 11.4. The molecular weight excluding hydrogens is 180 g/mol. The van der Waals surface area contributed by atoms with Gasteiger partial charge in [-0.2, -0.15) is 0 Å². The molecule has 2 atom stereocenters. The summed E-state index contributed by atoms with van der Waals surface area (Å²) in [7, 11) is 1.66. The zero-order valence-corrected chi connectivity index (χ0v) is 8.96. The molecule has 0 aromatic rings. The molecule has 0 aliphatic carbocycles. The van der Waals surface area contributed by atoms with Crippen LogP contribution in [-0.4, -0.2) is 38.3 Å². The van der Waals surface area contributed by atoms with Gasteiger partial charge >= 0.3 is 0 Å². The summed E-state index contributed by atoms with van der Waals surface area (Å²) in [4.78, 5) is 11.4. The molecule has 1 aliphatic heterocycles. The summed E-state index contributed by atoms with van der Waals surface area (Å²) in [5, 5.41) is 6.08. The van der Waals surface area contributed by atoms with Crippen LogP contribution >= 0.6 is 0 Å². The molecule has 0 aromatic carbocycles. The first kappa shape index (κ1) is 11.2. The Balaban J connectivity index is 2.43. The van der Waals surface area contributed by atoms with Crippen LogP contribution in [-0.2, 0) is 9.53 Å². The van der Waals surface area contributed by atoms with E-state index in [-0.39, 0.29) is 18.1 Å². The molecule has 80 valence electrons. The molecule has 1 heterocycles. The number of carbonyl (C=O) groups excluding carboxylic acids is 1. The molecule has 1 amide bonds. The van der Waals surface area contributed by atoms with E-state index in [4.69, 9.17) is 4.74 Å². The highest BCUT2D eigenvalue weighted by atomic mass is 16.5. The largest absolute Gasteiger partial charge is 0.378 e. The van der Waals surface area contributed by atoms with Crippen molar-refractivity contribution >= 4 is 5.91 Å². The highest BCUT2D eigenvalue weighted by Gasteiger charge is 2.27. The van der Waals surface area contributed by atoms with Crippen molar-refractivity contribution in [1.29, 1.82) is 0 Å². The molecule has 1 fully saturated rings. The Labute approximate surface area is 84.7 Å². The maximum Gasteiger partial charge on any atom is 0.244 e. The van der Waals surface area contributed by atoms with E-state index in [0.717, 1.165) is 18.7 Å². The zero-order chi connectivity index (χ0) is 10.6. The van der Waals surface area contributed by atoms with Gasteiger partial charge in [0.15, 0.2) is 0 Å². The van der Waals surface area contributed by atoms with Gasteiger partial charge in [-0.05, 0) is 13.8 Å². The van der Waals surface area contributed by atoms with Crippen LogP contribution in [0.5, 0.6) is 0 Å². The second-order valence-corrected chi connectivity index (χ2v) is 3.77. The van der Waals surface area contributed by atoms with Crippen molar-refractivity contribution in [3.8, 4) is 0 Å². The number of hydrogen-bond donors (Lipinski definition) is 2. The van der Waals surface area contributed by atoms with E-state index < -0.39 is 0 Å². The van der Waals surface area contributed by atoms with Gasteiger partial charge in [0.25, 0.3) is 0 Å². The van der Waals surface area contributed by atoms with Crippen molar-refractivity contribution in [3.63, 3.8) is 0 Å². The van der Waals surface area contributed by atoms with Crippen molar-refractivity contribution in [2.75, 3.05) is 20.2 Å². The number of amides is 1. The molecule has 4 nitrogen and oxygen atoms in total. The maximum absolute atomic E-state index is 11.4. The Bertz CT molecular complexity index is 234. The number of nitrogens with one attached hydrogen (secondary N) is 2. The minimum absolute atomic E-state index is 0.0410. The number of hydrogen-bond acceptors (Lipinski definition) is 3. The molecule has 1 rings (SSSR count). The Hall–Kier alpha value is -0.870. The molecule has 0 radical (unpaired) electrons. The van der Waals surface area contributed by atoms with E-state index in [0.29, 0.717) is 0 Å². The van der Waals surface area contributed by atoms with Crippen molar-refractivity contribution in [2.24, 2.45) is 0 Å². The Kier molecular flexibility index (Phi) is 4.10. The fourth-order valence-corrected chi connectivity index (χ4v) is 1.53. The molecule has 0 bridgehead atoms. The molecule has 0 spiro atoms. The fraction of sp³-hybridized carbons (Fsp3) is 0.700. The molecular formula is C10H18N2O2. The summed E-state index contributed by atoms with van der Waals surface area (Å²) in [6.45, 7) is 5.39. The van der Waals surface area contributed by atoms with Crippen LogP contribution in [0.2, 0.25) is 0 Å². The van der Waals surface area contributed by atoms with Gasteiger partial charge in [0.2, 0.25) is 5.91 Å². The van der Waals surface area contributed by atoms with Crippen molar-refractivity contribution < 1.29 is 9.53 Å². The quantitative estimate of drug-likeness (QED) is 0.630. The highest BCUT2D eigenvalue weighted by molar-refractivity contribution is 5.88. The van der Waals surface area contributed by atoms with E-state index in [1.807, 2.05) is 13.8 Å². The normalized spacial score (nSPS) is 25.9. The van der Waals surface area contributed by atoms with E-state index in [9.17, 15) is 4.79 Å². The molecule has 0 aromatic heterocycles. The smallest absolute Gasteiger partial charge is 0.244 e. The van der Waals surface area contributed by atoms with Crippen molar-refractivity contribution in [1.82, 2.24) is 10.6 Å². The predicted molar refractivity (Wildman–Crippen MR) is 55.0 cm³/mol. The third-order valence-electron chi connectivity index (χ3n) is 2.21. The topological polar surface area (TPSA) is 50.4 Å². The first-order chi connectivity index (χ1) is 6.63. The lowest BCUT2D eigenvalue weighted by atomic mass is 10.2. The Morgan fingerprint density at radius 2 is 2.21 bits per heavy atom. The lowest BCUT2D eigenvalue weighted by Gasteiger charge is -2.17. The average molecular weight is 198 g/mol. The first-order valence-electron chi connectivity index (χ1n) is 4.82. The number of allylic oxidation sites excluding steroid dienone is 1. The standard InChI is InChI=1S/C10H18N2O2/c1-7(2)4-10(13)12-8-5-11-6-9(8)14-3/h4,8-9,11H,5-6H2,1-3H3,(H,12,13). The van der Waals surface area contributed by atoms with Crippen LogP contribution in [0.1, 0.15) is 13.8 Å². The van der Waals surface area contributed by atoms with Crippen LogP contribution in [0.15, 0.2) is 11.6 Å². The van der Waals surface area contributed by atoms with Crippen LogP contribution in [0, 0.1) is 0 Å². The third-order valence-corrected chi connectivity index (χ3v) is 2.21. The Morgan fingerprint density at radius 1 is 1.50 bits per heavy atom. The SMILES string of the molecule is COC1CNCC1NC(=O)C=C(C)C. The van der Waals surface area contributed by atoms with Gasteiger partial charge < -0.3 is 15.4 Å². The summed E-state index contributed by atoms with van der Waals surface area (Å²) < 4.78 is 5.23. The molecule has 1 aliphatic rings. The van der Waals surface area contributed by atoms with Gasteiger partial charge in [-0.15, -0.1) is 0 Å². The van der Waals surface area contributed by atoms with Gasteiger partial charge in [-0.3, -0.25) is 4.79 Å². The lowest BCUT2D eigenvalue weighted by molar-refractivity contribution is -0.117. The van der Waals surface area contributed by atoms with Gasteiger partial charge in [0.1, 0.15) is 0 Å². The molecule has 2 N–H and O–H groups in total. The second-order valence-electron chi connectivity index (χ2n) is 3.77. The summed E-state index contributed by atoms with van der Waals surface area (Å²) in [6.07, 6.45) is 1.69. The second kappa shape index (κ2) is 5.12. The summed E-state index contributed by atoms with van der Waals surface area (Å²) in [6, 6.07) is 0.0862. The van der Waals surface area contributed by atoms with Crippen molar-refractivity contribution in [2.45, 2.75) is 26.0 Å². The summed E-state index contributed by atoms with van der Waals surface area (Å²) >= 11 is 0. The molecule has 14 heavy (non-hydrogen) atoms. The van der Waals surface area contributed by atoms with Crippen LogP contribution < -0.4 is 10.6 Å². The lowest BCUT2D eigenvalue weighted by Crippen LogP contribution is -2.42. The fourth-order valence-electron chi connectivity index (χ4n) is 1.53. The highest BCUT2D eigenvalue weighted by Crippen LogP contribution is 2.03. The van der Waals surface area contributed by atoms with Gasteiger partial charge in [0.05, 0.1) is 12.1 Å². The van der Waals surface area contributed by atoms with E-state index in [1.165, 1.54) is 0 Å². The van der Waals surface area contributed by atoms with Gasteiger partial charge in [-0.1, -0.05) is 5.57 Å². The number of ether oxygens (including phenoxy) is 1. The summed E-state index contributed by atoms with van der Waals surface area (Å²) in [5.41, 5.74) is 1.00. The number of methoxy groups -OCH3 is 1. The molecule has 0 saturated carbocycles. The summed E-state index contributed by atoms with van der Waals surface area (Å²) in [5.74, 6) is -0.0410. The molecule has 4 heteroatoms. The number of rotatable bonds is 3. The third kappa shape index (κ3) is 3.12. The van der Waals surface area contributed by atoms with Crippen LogP contribution in [0.3, 0.4) is 0 Å². The monoisotopic (exact) mass is 198 g/mol. The predicted octanol–water partition coefficient (Wildman–Crippen LogP) is 0.0556. The van der Waals surface area contributed by atoms with Gasteiger partial charge in [0, 0.05) is 26.3 Å². The molecule has 1 saturated heterocycles. The first-order valence-corrected chi connectivity index (χ1v) is 4.82. The van der Waals surface area contributed by atoms with Crippen LogP contribution in [0.25, 0.3) is 0 Å². The number of carbonyl (C=O) groups is 1. The van der Waals surface area contributed by atoms with E-state index >= 15 is 0 Å². The van der Waals surface area contributed by atoms with E-state index in [2.05, 4.69) is 10.6 Å². The van der Waals surface area contributed by atoms with E-state index in [1.54, 1.807) is 13.2 Å². The minimum atomic E-state index is -0.0410.